The summed E-state index contributed by atoms with van der Waals surface area (Å²) in [4.78, 5) is 11.9. The van der Waals surface area contributed by atoms with E-state index in [1.807, 2.05) is 0 Å². The third kappa shape index (κ3) is 5.44. The molecule has 0 unspecified atom stereocenters. The second-order valence-electron chi connectivity index (χ2n) is 4.81. The Morgan fingerprint density at radius 1 is 1.00 bits per heavy atom. The number of ether oxygens (including phenoxy) is 3. The van der Waals surface area contributed by atoms with E-state index in [4.69, 9.17) is 14.2 Å². The van der Waals surface area contributed by atoms with Crippen LogP contribution in [0.2, 0.25) is 0 Å². The fourth-order valence-electron chi connectivity index (χ4n) is 2.08. The molecule has 124 valence electrons. The summed E-state index contributed by atoms with van der Waals surface area (Å²) in [6.45, 7) is 4.46. The maximum absolute atomic E-state index is 11.9. The summed E-state index contributed by atoms with van der Waals surface area (Å²) in [7, 11) is 4.66. The number of benzene rings is 1. The van der Waals surface area contributed by atoms with Crippen LogP contribution < -0.4 is 24.8 Å². The van der Waals surface area contributed by atoms with Crippen LogP contribution >= 0.6 is 0 Å². The van der Waals surface area contributed by atoms with Gasteiger partial charge in [-0.05, 0) is 30.7 Å². The van der Waals surface area contributed by atoms with E-state index in [1.54, 1.807) is 33.5 Å². The third-order valence-electron chi connectivity index (χ3n) is 3.14. The van der Waals surface area contributed by atoms with Gasteiger partial charge in [-0.15, -0.1) is 0 Å². The summed E-state index contributed by atoms with van der Waals surface area (Å²) in [5.74, 6) is 1.59. The lowest BCUT2D eigenvalue weighted by Crippen LogP contribution is -2.33. The molecule has 1 rings (SSSR count). The molecule has 0 atom stereocenters. The van der Waals surface area contributed by atoms with E-state index in [2.05, 4.69) is 17.6 Å². The normalized spacial score (nSPS) is 10.2. The summed E-state index contributed by atoms with van der Waals surface area (Å²) >= 11 is 0. The van der Waals surface area contributed by atoms with Gasteiger partial charge in [0, 0.05) is 13.1 Å². The van der Waals surface area contributed by atoms with E-state index in [9.17, 15) is 4.79 Å². The topological polar surface area (TPSA) is 68.8 Å². The average molecular weight is 310 g/mol. The summed E-state index contributed by atoms with van der Waals surface area (Å²) in [5, 5.41) is 6.11. The first-order valence-corrected chi connectivity index (χ1v) is 7.42. The number of amides is 1. The SMILES string of the molecule is CCCNCCNC(=O)Cc1cc(OC)c(OC)c(OC)c1. The van der Waals surface area contributed by atoms with Gasteiger partial charge in [-0.3, -0.25) is 4.79 Å². The molecule has 0 radical (unpaired) electrons. The molecule has 0 aliphatic carbocycles. The van der Waals surface area contributed by atoms with Crippen molar-refractivity contribution in [3.63, 3.8) is 0 Å². The van der Waals surface area contributed by atoms with Crippen molar-refractivity contribution in [3.05, 3.63) is 17.7 Å². The average Bonchev–Trinajstić information content (AvgIpc) is 2.53. The number of carbonyl (C=O) groups is 1. The van der Waals surface area contributed by atoms with Gasteiger partial charge in [-0.1, -0.05) is 6.92 Å². The second kappa shape index (κ2) is 9.89. The molecule has 2 N–H and O–H groups in total. The van der Waals surface area contributed by atoms with E-state index in [0.29, 0.717) is 23.8 Å². The van der Waals surface area contributed by atoms with E-state index in [0.717, 1.165) is 25.1 Å². The summed E-state index contributed by atoms with van der Waals surface area (Å²) in [6.07, 6.45) is 1.35. The quantitative estimate of drug-likeness (QED) is 0.639. The minimum absolute atomic E-state index is 0.0347. The Balaban J connectivity index is 2.63. The number of hydrogen-bond acceptors (Lipinski definition) is 5. The van der Waals surface area contributed by atoms with Crippen molar-refractivity contribution in [2.45, 2.75) is 19.8 Å². The van der Waals surface area contributed by atoms with E-state index >= 15 is 0 Å². The largest absolute Gasteiger partial charge is 0.493 e. The summed E-state index contributed by atoms with van der Waals surface area (Å²) in [6, 6.07) is 3.58. The number of nitrogens with one attached hydrogen (secondary N) is 2. The van der Waals surface area contributed by atoms with Gasteiger partial charge in [0.05, 0.1) is 27.8 Å². The smallest absolute Gasteiger partial charge is 0.224 e. The first kappa shape index (κ1) is 18.1. The number of carbonyl (C=O) groups excluding carboxylic acids is 1. The van der Waals surface area contributed by atoms with Crippen molar-refractivity contribution in [1.29, 1.82) is 0 Å². The van der Waals surface area contributed by atoms with Crippen LogP contribution in [0.5, 0.6) is 17.2 Å². The van der Waals surface area contributed by atoms with Crippen molar-refractivity contribution in [3.8, 4) is 17.2 Å². The molecule has 0 saturated heterocycles. The van der Waals surface area contributed by atoms with Gasteiger partial charge in [0.25, 0.3) is 0 Å². The highest BCUT2D eigenvalue weighted by molar-refractivity contribution is 5.79. The van der Waals surface area contributed by atoms with E-state index < -0.39 is 0 Å². The predicted molar refractivity (Wildman–Crippen MR) is 86.0 cm³/mol. The molecule has 0 heterocycles. The second-order valence-corrected chi connectivity index (χ2v) is 4.81. The Labute approximate surface area is 132 Å². The van der Waals surface area contributed by atoms with Crippen LogP contribution in [-0.2, 0) is 11.2 Å². The van der Waals surface area contributed by atoms with Crippen LogP contribution in [-0.4, -0.2) is 46.9 Å². The number of hydrogen-bond donors (Lipinski definition) is 2. The Bertz CT molecular complexity index is 452. The molecule has 6 nitrogen and oxygen atoms in total. The molecule has 0 aliphatic heterocycles. The van der Waals surface area contributed by atoms with Gasteiger partial charge >= 0.3 is 0 Å². The van der Waals surface area contributed by atoms with Gasteiger partial charge < -0.3 is 24.8 Å². The zero-order valence-corrected chi connectivity index (χ0v) is 13.8. The molecule has 1 amide bonds. The lowest BCUT2D eigenvalue weighted by atomic mass is 10.1. The van der Waals surface area contributed by atoms with Gasteiger partial charge in [-0.2, -0.15) is 0 Å². The zero-order valence-electron chi connectivity index (χ0n) is 13.8. The molecule has 0 aromatic heterocycles. The zero-order chi connectivity index (χ0) is 16.4. The van der Waals surface area contributed by atoms with Crippen molar-refractivity contribution >= 4 is 5.91 Å². The summed E-state index contributed by atoms with van der Waals surface area (Å²) in [5.41, 5.74) is 0.813. The molecule has 0 spiro atoms. The van der Waals surface area contributed by atoms with Crippen LogP contribution in [0.25, 0.3) is 0 Å². The van der Waals surface area contributed by atoms with E-state index in [1.165, 1.54) is 0 Å². The molecule has 6 heteroatoms. The molecule has 0 fully saturated rings. The lowest BCUT2D eigenvalue weighted by molar-refractivity contribution is -0.120. The fraction of sp³-hybridized carbons (Fsp3) is 0.562. The maximum atomic E-state index is 11.9. The minimum atomic E-state index is -0.0347. The first-order valence-electron chi connectivity index (χ1n) is 7.42. The predicted octanol–water partition coefficient (Wildman–Crippen LogP) is 1.37. The third-order valence-corrected chi connectivity index (χ3v) is 3.14. The highest BCUT2D eigenvalue weighted by Gasteiger charge is 2.14. The van der Waals surface area contributed by atoms with Gasteiger partial charge in [0.1, 0.15) is 0 Å². The maximum Gasteiger partial charge on any atom is 0.224 e. The Hall–Kier alpha value is -1.95. The van der Waals surface area contributed by atoms with Crippen molar-refractivity contribution in [2.24, 2.45) is 0 Å². The molecular formula is C16H26N2O4. The van der Waals surface area contributed by atoms with Crippen molar-refractivity contribution in [1.82, 2.24) is 10.6 Å². The Morgan fingerprint density at radius 2 is 1.64 bits per heavy atom. The number of methoxy groups -OCH3 is 3. The molecular weight excluding hydrogens is 284 g/mol. The highest BCUT2D eigenvalue weighted by atomic mass is 16.5. The van der Waals surface area contributed by atoms with Gasteiger partial charge in [0.2, 0.25) is 11.7 Å². The van der Waals surface area contributed by atoms with Crippen LogP contribution in [0.3, 0.4) is 0 Å². The monoisotopic (exact) mass is 310 g/mol. The van der Waals surface area contributed by atoms with Crippen LogP contribution in [0.15, 0.2) is 12.1 Å². The van der Waals surface area contributed by atoms with Crippen LogP contribution in [0.1, 0.15) is 18.9 Å². The Morgan fingerprint density at radius 3 is 2.14 bits per heavy atom. The Kier molecular flexibility index (Phi) is 8.14. The summed E-state index contributed by atoms with van der Waals surface area (Å²) < 4.78 is 15.8. The van der Waals surface area contributed by atoms with Crippen molar-refractivity contribution < 1.29 is 19.0 Å². The molecule has 0 bridgehead atoms. The molecule has 1 aromatic carbocycles. The number of rotatable bonds is 10. The fourth-order valence-corrected chi connectivity index (χ4v) is 2.08. The highest BCUT2D eigenvalue weighted by Crippen LogP contribution is 2.38. The molecule has 1 aromatic rings. The molecule has 0 saturated carbocycles. The van der Waals surface area contributed by atoms with Gasteiger partial charge in [0.15, 0.2) is 11.5 Å². The lowest BCUT2D eigenvalue weighted by Gasteiger charge is -2.14. The van der Waals surface area contributed by atoms with Crippen LogP contribution in [0.4, 0.5) is 0 Å². The molecule has 22 heavy (non-hydrogen) atoms. The van der Waals surface area contributed by atoms with Gasteiger partial charge in [-0.25, -0.2) is 0 Å². The van der Waals surface area contributed by atoms with E-state index in [-0.39, 0.29) is 12.3 Å². The minimum Gasteiger partial charge on any atom is -0.493 e. The molecule has 0 aliphatic rings. The standard InChI is InChI=1S/C16H26N2O4/c1-5-6-17-7-8-18-15(19)11-12-9-13(20-2)16(22-4)14(10-12)21-3/h9-10,17H,5-8,11H2,1-4H3,(H,18,19). The van der Waals surface area contributed by atoms with Crippen molar-refractivity contribution in [2.75, 3.05) is 41.0 Å². The first-order chi connectivity index (χ1) is 10.7. The van der Waals surface area contributed by atoms with Crippen LogP contribution in [0, 0.1) is 0 Å².